The van der Waals surface area contributed by atoms with Gasteiger partial charge in [-0.25, -0.2) is 0 Å². The van der Waals surface area contributed by atoms with Crippen molar-refractivity contribution < 1.29 is 23.0 Å². The van der Waals surface area contributed by atoms with Gasteiger partial charge in [-0.1, -0.05) is 6.07 Å². The highest BCUT2D eigenvalue weighted by molar-refractivity contribution is 5.83. The zero-order valence-electron chi connectivity index (χ0n) is 19.6. The van der Waals surface area contributed by atoms with E-state index in [4.69, 9.17) is 9.47 Å². The first-order chi connectivity index (χ1) is 17.0. The van der Waals surface area contributed by atoms with Crippen LogP contribution in [0, 0.1) is 6.92 Å². The highest BCUT2D eigenvalue weighted by Crippen LogP contribution is 2.31. The summed E-state index contributed by atoms with van der Waals surface area (Å²) >= 11 is 0. The number of nitrogens with one attached hydrogen (secondary N) is 1. The predicted molar refractivity (Wildman–Crippen MR) is 128 cm³/mol. The molecule has 0 spiro atoms. The third-order valence-electron chi connectivity index (χ3n) is 6.65. The number of benzene rings is 2. The van der Waals surface area contributed by atoms with E-state index in [1.165, 1.54) is 12.1 Å². The number of aryl methyl sites for hydroxylation is 1. The number of nitrogens with zero attached hydrogens (tertiary/aromatic N) is 2. The van der Waals surface area contributed by atoms with E-state index < -0.39 is 6.61 Å². The SMILES string of the molecule is Cc1cc(=O)n(CN2CCC(NCc3ccc4c(c3)OCCO4)CC2)c2cc(OC(F)F)ccc12. The fourth-order valence-electron chi connectivity index (χ4n) is 4.79. The molecule has 0 amide bonds. The van der Waals surface area contributed by atoms with E-state index in [-0.39, 0.29) is 11.3 Å². The molecule has 0 atom stereocenters. The van der Waals surface area contributed by atoms with Gasteiger partial charge in [-0.15, -0.1) is 0 Å². The molecule has 2 aromatic carbocycles. The van der Waals surface area contributed by atoms with Gasteiger partial charge in [0, 0.05) is 43.2 Å². The summed E-state index contributed by atoms with van der Waals surface area (Å²) in [6.07, 6.45) is 1.89. The molecule has 9 heteroatoms. The normalized spacial score (nSPS) is 16.7. The molecule has 7 nitrogen and oxygen atoms in total. The lowest BCUT2D eigenvalue weighted by Gasteiger charge is -2.33. The Bertz CT molecular complexity index is 1260. The summed E-state index contributed by atoms with van der Waals surface area (Å²) in [6.45, 7) is 2.90. The van der Waals surface area contributed by atoms with E-state index in [1.54, 1.807) is 16.7 Å². The molecule has 2 aliphatic heterocycles. The van der Waals surface area contributed by atoms with Crippen LogP contribution >= 0.6 is 0 Å². The number of hydrogen-bond acceptors (Lipinski definition) is 6. The van der Waals surface area contributed by atoms with Gasteiger partial charge in [0.1, 0.15) is 19.0 Å². The van der Waals surface area contributed by atoms with Gasteiger partial charge < -0.3 is 19.5 Å². The van der Waals surface area contributed by atoms with Crippen LogP contribution in [0.2, 0.25) is 0 Å². The Kier molecular flexibility index (Phi) is 6.88. The van der Waals surface area contributed by atoms with Crippen LogP contribution in [0.4, 0.5) is 8.78 Å². The second-order valence-electron chi connectivity index (χ2n) is 9.04. The molecular weight excluding hydrogens is 456 g/mol. The lowest BCUT2D eigenvalue weighted by molar-refractivity contribution is -0.0497. The molecule has 2 aliphatic rings. The second kappa shape index (κ2) is 10.2. The number of fused-ring (bicyclic) bond motifs is 2. The summed E-state index contributed by atoms with van der Waals surface area (Å²) in [4.78, 5) is 15.0. The molecule has 0 unspecified atom stereocenters. The Hall–Kier alpha value is -3.17. The summed E-state index contributed by atoms with van der Waals surface area (Å²) in [7, 11) is 0. The number of rotatable bonds is 7. The van der Waals surface area contributed by atoms with Crippen molar-refractivity contribution in [2.45, 2.75) is 45.6 Å². The zero-order chi connectivity index (χ0) is 24.4. The first kappa shape index (κ1) is 23.6. The highest BCUT2D eigenvalue weighted by atomic mass is 19.3. The third-order valence-corrected chi connectivity index (χ3v) is 6.65. The molecule has 186 valence electrons. The number of likely N-dealkylation sites (tertiary alicyclic amines) is 1. The molecule has 35 heavy (non-hydrogen) atoms. The van der Waals surface area contributed by atoms with Crippen molar-refractivity contribution in [3.63, 3.8) is 0 Å². The van der Waals surface area contributed by atoms with Gasteiger partial charge >= 0.3 is 6.61 Å². The maximum absolute atomic E-state index is 12.8. The average Bonchev–Trinajstić information content (AvgIpc) is 2.85. The minimum atomic E-state index is -2.91. The molecule has 1 fully saturated rings. The van der Waals surface area contributed by atoms with Crippen molar-refractivity contribution in [3.8, 4) is 17.2 Å². The maximum Gasteiger partial charge on any atom is 0.387 e. The van der Waals surface area contributed by atoms with Crippen LogP contribution in [-0.4, -0.2) is 48.4 Å². The topological polar surface area (TPSA) is 65.0 Å². The summed E-state index contributed by atoms with van der Waals surface area (Å²) in [5.74, 6) is 1.64. The first-order valence-corrected chi connectivity index (χ1v) is 11.9. The summed E-state index contributed by atoms with van der Waals surface area (Å²) in [6, 6.07) is 12.8. The Morgan fingerprint density at radius 2 is 1.83 bits per heavy atom. The van der Waals surface area contributed by atoms with Crippen molar-refractivity contribution in [3.05, 3.63) is 63.9 Å². The van der Waals surface area contributed by atoms with Crippen LogP contribution in [0.25, 0.3) is 10.9 Å². The highest BCUT2D eigenvalue weighted by Gasteiger charge is 2.21. The fourth-order valence-corrected chi connectivity index (χ4v) is 4.79. The van der Waals surface area contributed by atoms with Crippen molar-refractivity contribution >= 4 is 10.9 Å². The standard InChI is InChI=1S/C26H29F2N3O4/c1-17-12-25(32)31(22-14-20(35-26(27)28)3-4-21(17)22)16-30-8-6-19(7-9-30)29-15-18-2-5-23-24(13-18)34-11-10-33-23/h2-5,12-14,19,26,29H,6-11,15-16H2,1H3. The monoisotopic (exact) mass is 485 g/mol. The van der Waals surface area contributed by atoms with Gasteiger partial charge in [0.05, 0.1) is 12.2 Å². The Morgan fingerprint density at radius 1 is 1.06 bits per heavy atom. The van der Waals surface area contributed by atoms with Crippen molar-refractivity contribution in [1.82, 2.24) is 14.8 Å². The summed E-state index contributed by atoms with van der Waals surface area (Å²) in [5, 5.41) is 4.47. The van der Waals surface area contributed by atoms with E-state index in [9.17, 15) is 13.6 Å². The molecule has 0 radical (unpaired) electrons. The molecule has 0 aliphatic carbocycles. The molecule has 3 heterocycles. The van der Waals surface area contributed by atoms with Gasteiger partial charge in [-0.2, -0.15) is 8.78 Å². The van der Waals surface area contributed by atoms with Crippen LogP contribution in [-0.2, 0) is 13.2 Å². The lowest BCUT2D eigenvalue weighted by atomic mass is 10.0. The Labute approximate surface area is 202 Å². The van der Waals surface area contributed by atoms with Gasteiger partial charge in [0.15, 0.2) is 11.5 Å². The molecule has 0 bridgehead atoms. The largest absolute Gasteiger partial charge is 0.486 e. The van der Waals surface area contributed by atoms with E-state index in [1.807, 2.05) is 19.1 Å². The molecule has 1 aromatic heterocycles. The van der Waals surface area contributed by atoms with Crippen LogP contribution in [0.15, 0.2) is 47.3 Å². The third kappa shape index (κ3) is 5.41. The van der Waals surface area contributed by atoms with Gasteiger partial charge in [-0.05, 0) is 55.2 Å². The van der Waals surface area contributed by atoms with Crippen LogP contribution in [0.1, 0.15) is 24.0 Å². The molecule has 0 saturated carbocycles. The van der Waals surface area contributed by atoms with Crippen molar-refractivity contribution in [2.75, 3.05) is 26.3 Å². The van der Waals surface area contributed by atoms with E-state index in [2.05, 4.69) is 21.0 Å². The summed E-state index contributed by atoms with van der Waals surface area (Å²) < 4.78 is 42.9. The van der Waals surface area contributed by atoms with E-state index in [0.29, 0.717) is 31.4 Å². The molecular formula is C26H29F2N3O4. The van der Waals surface area contributed by atoms with Gasteiger partial charge in [0.2, 0.25) is 0 Å². The van der Waals surface area contributed by atoms with E-state index in [0.717, 1.165) is 60.5 Å². The second-order valence-corrected chi connectivity index (χ2v) is 9.04. The number of pyridine rings is 1. The van der Waals surface area contributed by atoms with Crippen molar-refractivity contribution in [1.29, 1.82) is 0 Å². The van der Waals surface area contributed by atoms with Crippen LogP contribution < -0.4 is 25.1 Å². The zero-order valence-corrected chi connectivity index (χ0v) is 19.6. The minimum Gasteiger partial charge on any atom is -0.486 e. The Morgan fingerprint density at radius 3 is 2.60 bits per heavy atom. The first-order valence-electron chi connectivity index (χ1n) is 11.9. The van der Waals surface area contributed by atoms with E-state index >= 15 is 0 Å². The number of hydrogen-bond donors (Lipinski definition) is 1. The van der Waals surface area contributed by atoms with Crippen molar-refractivity contribution in [2.24, 2.45) is 0 Å². The predicted octanol–water partition coefficient (Wildman–Crippen LogP) is 3.89. The van der Waals surface area contributed by atoms with Gasteiger partial charge in [0.25, 0.3) is 5.56 Å². The maximum atomic E-state index is 12.8. The minimum absolute atomic E-state index is 0.0494. The quantitative estimate of drug-likeness (QED) is 0.548. The molecule has 5 rings (SSSR count). The number of aromatic nitrogens is 1. The number of piperidine rings is 1. The average molecular weight is 486 g/mol. The smallest absolute Gasteiger partial charge is 0.387 e. The van der Waals surface area contributed by atoms with Crippen LogP contribution in [0.5, 0.6) is 17.2 Å². The lowest BCUT2D eigenvalue weighted by Crippen LogP contribution is -2.44. The fraction of sp³-hybridized carbons (Fsp3) is 0.423. The van der Waals surface area contributed by atoms with Gasteiger partial charge in [-0.3, -0.25) is 14.3 Å². The molecule has 3 aromatic rings. The van der Waals surface area contributed by atoms with Crippen LogP contribution in [0.3, 0.4) is 0 Å². The molecule has 1 N–H and O–H groups in total. The number of alkyl halides is 2. The number of halogens is 2. The Balaban J connectivity index is 1.21. The summed E-state index contributed by atoms with van der Waals surface area (Å²) in [5.41, 5.74) is 2.41. The molecule has 1 saturated heterocycles. The number of ether oxygens (including phenoxy) is 3.